The Balaban J connectivity index is 1.77. The van der Waals surface area contributed by atoms with Gasteiger partial charge in [0.2, 0.25) is 20.0 Å². The summed E-state index contributed by atoms with van der Waals surface area (Å²) < 4.78 is 49.3. The molecule has 1 aromatic rings. The highest BCUT2D eigenvalue weighted by molar-refractivity contribution is 8.00. The fourth-order valence-electron chi connectivity index (χ4n) is 2.94. The summed E-state index contributed by atoms with van der Waals surface area (Å²) >= 11 is 1.87. The third-order valence-corrected chi connectivity index (χ3v) is 8.60. The summed E-state index contributed by atoms with van der Waals surface area (Å²) in [6.07, 6.45) is 1.54. The highest BCUT2D eigenvalue weighted by Crippen LogP contribution is 2.38. The quantitative estimate of drug-likeness (QED) is 0.776. The Morgan fingerprint density at radius 1 is 1.04 bits per heavy atom. The molecule has 2 aliphatic rings. The van der Waals surface area contributed by atoms with E-state index in [4.69, 9.17) is 5.14 Å². The van der Waals surface area contributed by atoms with Crippen LogP contribution in [0.1, 0.15) is 12.8 Å². The van der Waals surface area contributed by atoms with Crippen LogP contribution in [0.5, 0.6) is 0 Å². The highest BCUT2D eigenvalue weighted by Gasteiger charge is 2.40. The van der Waals surface area contributed by atoms with Gasteiger partial charge in [-0.1, -0.05) is 0 Å². The van der Waals surface area contributed by atoms with Crippen LogP contribution in [0.2, 0.25) is 0 Å². The number of hydrogen-bond acceptors (Lipinski definition) is 6. The smallest absolute Gasteiger partial charge is 0.243 e. The van der Waals surface area contributed by atoms with Gasteiger partial charge < -0.3 is 5.32 Å². The molecule has 0 aromatic heterocycles. The van der Waals surface area contributed by atoms with E-state index in [-0.39, 0.29) is 14.7 Å². The third-order valence-electron chi connectivity index (χ3n) is 4.25. The Morgan fingerprint density at radius 2 is 1.61 bits per heavy atom. The molecule has 7 nitrogen and oxygen atoms in total. The van der Waals surface area contributed by atoms with Gasteiger partial charge in [0.1, 0.15) is 0 Å². The number of piperidine rings is 1. The minimum absolute atomic E-state index is 0.0174. The van der Waals surface area contributed by atoms with E-state index in [1.165, 1.54) is 28.6 Å². The van der Waals surface area contributed by atoms with Crippen LogP contribution >= 0.6 is 11.8 Å². The van der Waals surface area contributed by atoms with E-state index in [9.17, 15) is 16.8 Å². The van der Waals surface area contributed by atoms with Crippen LogP contribution in [0, 0.1) is 0 Å². The monoisotopic (exact) mass is 377 g/mol. The van der Waals surface area contributed by atoms with Crippen molar-refractivity contribution in [2.24, 2.45) is 5.14 Å². The van der Waals surface area contributed by atoms with Crippen molar-refractivity contribution in [3.63, 3.8) is 0 Å². The molecular weight excluding hydrogens is 358 g/mol. The highest BCUT2D eigenvalue weighted by atomic mass is 32.2. The molecule has 23 heavy (non-hydrogen) atoms. The Bertz CT molecular complexity index is 774. The molecule has 0 radical (unpaired) electrons. The van der Waals surface area contributed by atoms with E-state index in [0.717, 1.165) is 25.1 Å². The van der Waals surface area contributed by atoms with E-state index in [1.54, 1.807) is 0 Å². The molecule has 0 saturated carbocycles. The van der Waals surface area contributed by atoms with Gasteiger partial charge in [0, 0.05) is 25.4 Å². The molecule has 2 heterocycles. The second kappa shape index (κ2) is 6.01. The number of benzene rings is 1. The van der Waals surface area contributed by atoms with Crippen LogP contribution in [0.15, 0.2) is 34.1 Å². The molecule has 0 amide bonds. The predicted molar refractivity (Wildman–Crippen MR) is 89.0 cm³/mol. The zero-order valence-corrected chi connectivity index (χ0v) is 14.9. The standard InChI is InChI=1S/C13H19N3O4S3/c14-22(17,18)11-1-3-12(4-2-11)23(19,20)16-8-5-13(6-9-16)15-7-10-21-13/h1-4,15H,5-10H2,(H2,14,17,18). The molecule has 2 fully saturated rings. The van der Waals surface area contributed by atoms with E-state index < -0.39 is 20.0 Å². The van der Waals surface area contributed by atoms with Gasteiger partial charge in [0.05, 0.1) is 14.7 Å². The number of nitrogens with zero attached hydrogens (tertiary/aromatic N) is 1. The second-order valence-electron chi connectivity index (χ2n) is 5.69. The molecule has 3 N–H and O–H groups in total. The van der Waals surface area contributed by atoms with Crippen molar-refractivity contribution >= 4 is 31.8 Å². The minimum Gasteiger partial charge on any atom is -0.302 e. The first-order valence-corrected chi connectivity index (χ1v) is 11.2. The normalized spacial score (nSPS) is 22.5. The van der Waals surface area contributed by atoms with E-state index in [1.807, 2.05) is 11.8 Å². The van der Waals surface area contributed by atoms with Gasteiger partial charge in [-0.2, -0.15) is 4.31 Å². The largest absolute Gasteiger partial charge is 0.302 e. The molecule has 10 heteroatoms. The van der Waals surface area contributed by atoms with Crippen LogP contribution in [0.4, 0.5) is 0 Å². The molecule has 1 spiro atoms. The van der Waals surface area contributed by atoms with Crippen LogP contribution in [-0.2, 0) is 20.0 Å². The molecule has 0 bridgehead atoms. The maximum Gasteiger partial charge on any atom is 0.243 e. The lowest BCUT2D eigenvalue weighted by Crippen LogP contribution is -2.49. The minimum atomic E-state index is -3.82. The summed E-state index contributed by atoms with van der Waals surface area (Å²) in [5.41, 5.74) is 0. The van der Waals surface area contributed by atoms with Gasteiger partial charge in [-0.15, -0.1) is 11.8 Å². The molecule has 2 aliphatic heterocycles. The van der Waals surface area contributed by atoms with Crippen molar-refractivity contribution in [2.45, 2.75) is 27.5 Å². The average Bonchev–Trinajstić information content (AvgIpc) is 2.95. The summed E-state index contributed by atoms with van der Waals surface area (Å²) in [6, 6.07) is 5.04. The average molecular weight is 378 g/mol. The molecule has 0 unspecified atom stereocenters. The second-order valence-corrected chi connectivity index (χ2v) is 10.7. The van der Waals surface area contributed by atoms with Gasteiger partial charge in [-0.05, 0) is 37.1 Å². The molecular formula is C13H19N3O4S3. The molecule has 3 rings (SSSR count). The van der Waals surface area contributed by atoms with E-state index in [2.05, 4.69) is 5.32 Å². The summed E-state index contributed by atoms with van der Waals surface area (Å²) in [7, 11) is -7.43. The van der Waals surface area contributed by atoms with Crippen molar-refractivity contribution in [2.75, 3.05) is 25.4 Å². The number of thioether (sulfide) groups is 1. The molecule has 128 valence electrons. The van der Waals surface area contributed by atoms with Crippen molar-refractivity contribution in [1.82, 2.24) is 9.62 Å². The van der Waals surface area contributed by atoms with Gasteiger partial charge in [-0.3, -0.25) is 0 Å². The fraction of sp³-hybridized carbons (Fsp3) is 0.538. The van der Waals surface area contributed by atoms with E-state index in [0.29, 0.717) is 13.1 Å². The van der Waals surface area contributed by atoms with Crippen molar-refractivity contribution in [3.05, 3.63) is 24.3 Å². The maximum atomic E-state index is 12.7. The number of sulfonamides is 2. The zero-order valence-electron chi connectivity index (χ0n) is 12.4. The lowest BCUT2D eigenvalue weighted by Gasteiger charge is -2.38. The summed E-state index contributed by atoms with van der Waals surface area (Å²) in [5, 5.41) is 8.50. The number of nitrogens with two attached hydrogens (primary N) is 1. The van der Waals surface area contributed by atoms with Crippen molar-refractivity contribution < 1.29 is 16.8 Å². The SMILES string of the molecule is NS(=O)(=O)c1ccc(S(=O)(=O)N2CCC3(CC2)NCCS3)cc1. The van der Waals surface area contributed by atoms with Crippen molar-refractivity contribution in [1.29, 1.82) is 0 Å². The Morgan fingerprint density at radius 3 is 2.09 bits per heavy atom. The zero-order chi connectivity index (χ0) is 16.7. The topological polar surface area (TPSA) is 110 Å². The number of nitrogens with one attached hydrogen (secondary N) is 1. The number of hydrogen-bond donors (Lipinski definition) is 2. The predicted octanol–water partition coefficient (Wildman–Crippen LogP) is 0.151. The third kappa shape index (κ3) is 3.42. The first-order chi connectivity index (χ1) is 10.7. The fourth-order valence-corrected chi connectivity index (χ4v) is 6.16. The van der Waals surface area contributed by atoms with Gasteiger partial charge in [-0.25, -0.2) is 22.0 Å². The Hall–Kier alpha value is -0.650. The van der Waals surface area contributed by atoms with Crippen molar-refractivity contribution in [3.8, 4) is 0 Å². The van der Waals surface area contributed by atoms with Gasteiger partial charge in [0.25, 0.3) is 0 Å². The summed E-state index contributed by atoms with van der Waals surface area (Å²) in [4.78, 5) is 0.0113. The number of rotatable bonds is 3. The van der Waals surface area contributed by atoms with Crippen LogP contribution in [-0.4, -0.2) is 51.4 Å². The molecule has 0 aliphatic carbocycles. The lowest BCUT2D eigenvalue weighted by molar-refractivity contribution is 0.277. The van der Waals surface area contributed by atoms with Crippen LogP contribution in [0.25, 0.3) is 0 Å². The number of primary sulfonamides is 1. The Labute approximate surface area is 140 Å². The first-order valence-electron chi connectivity index (χ1n) is 7.25. The lowest BCUT2D eigenvalue weighted by atomic mass is 10.1. The van der Waals surface area contributed by atoms with Gasteiger partial charge in [0.15, 0.2) is 0 Å². The molecule has 2 saturated heterocycles. The molecule has 0 atom stereocenters. The summed E-state index contributed by atoms with van der Waals surface area (Å²) in [6.45, 7) is 1.88. The first kappa shape index (κ1) is 17.2. The molecule has 1 aromatic carbocycles. The maximum absolute atomic E-state index is 12.7. The van der Waals surface area contributed by atoms with Crippen LogP contribution < -0.4 is 10.5 Å². The summed E-state index contributed by atoms with van der Waals surface area (Å²) in [5.74, 6) is 1.06. The Kier molecular flexibility index (Phi) is 4.49. The van der Waals surface area contributed by atoms with E-state index >= 15 is 0 Å². The van der Waals surface area contributed by atoms with Gasteiger partial charge >= 0.3 is 0 Å². The van der Waals surface area contributed by atoms with Crippen LogP contribution in [0.3, 0.4) is 0 Å².